The number of ether oxygens (including phenoxy) is 1. The third-order valence-corrected chi connectivity index (χ3v) is 2.81. The molecule has 0 aliphatic carbocycles. The first-order valence-corrected chi connectivity index (χ1v) is 6.12. The molecule has 0 bridgehead atoms. The topological polar surface area (TPSA) is 39.1 Å². The van der Waals surface area contributed by atoms with Crippen LogP contribution in [0.5, 0.6) is 0 Å². The van der Waals surface area contributed by atoms with Crippen molar-refractivity contribution in [3.8, 4) is 5.69 Å². The van der Waals surface area contributed by atoms with Crippen molar-refractivity contribution in [1.82, 2.24) is 9.55 Å². The molecule has 2 aromatic rings. The van der Waals surface area contributed by atoms with Gasteiger partial charge in [0.05, 0.1) is 6.61 Å². The second-order valence-electron chi connectivity index (χ2n) is 3.52. The summed E-state index contributed by atoms with van der Waals surface area (Å²) >= 11 is 3.46. The Hall–Kier alpha value is -1.33. The monoisotopic (exact) mass is 295 g/mol. The number of anilines is 1. The molecular formula is C12H14BrN3O. The van der Waals surface area contributed by atoms with E-state index in [1.54, 1.807) is 13.3 Å². The summed E-state index contributed by atoms with van der Waals surface area (Å²) in [6, 6.07) is 8.08. The first kappa shape index (κ1) is 12.1. The van der Waals surface area contributed by atoms with Gasteiger partial charge in [0.2, 0.25) is 5.95 Å². The van der Waals surface area contributed by atoms with Crippen LogP contribution in [0.2, 0.25) is 0 Å². The van der Waals surface area contributed by atoms with Crippen LogP contribution >= 0.6 is 15.9 Å². The molecule has 0 saturated carbocycles. The number of benzene rings is 1. The highest BCUT2D eigenvalue weighted by atomic mass is 79.9. The summed E-state index contributed by atoms with van der Waals surface area (Å²) < 4.78 is 8.05. The Kier molecular flexibility index (Phi) is 4.17. The maximum absolute atomic E-state index is 5.00. The summed E-state index contributed by atoms with van der Waals surface area (Å²) in [7, 11) is 1.68. The van der Waals surface area contributed by atoms with E-state index in [1.807, 2.05) is 35.0 Å². The van der Waals surface area contributed by atoms with E-state index < -0.39 is 0 Å². The fraction of sp³-hybridized carbons (Fsp3) is 0.250. The molecule has 0 atom stereocenters. The van der Waals surface area contributed by atoms with Gasteiger partial charge in [0.25, 0.3) is 0 Å². The van der Waals surface area contributed by atoms with Crippen molar-refractivity contribution in [1.29, 1.82) is 0 Å². The number of aromatic nitrogens is 2. The van der Waals surface area contributed by atoms with Crippen molar-refractivity contribution >= 4 is 21.9 Å². The Morgan fingerprint density at radius 2 is 2.35 bits per heavy atom. The van der Waals surface area contributed by atoms with Crippen LogP contribution in [-0.4, -0.2) is 29.8 Å². The van der Waals surface area contributed by atoms with Crippen LogP contribution in [0.3, 0.4) is 0 Å². The molecule has 0 spiro atoms. The minimum atomic E-state index is 0.658. The molecular weight excluding hydrogens is 282 g/mol. The van der Waals surface area contributed by atoms with Crippen LogP contribution in [0.15, 0.2) is 41.1 Å². The van der Waals surface area contributed by atoms with Crippen molar-refractivity contribution in [2.24, 2.45) is 0 Å². The first-order chi connectivity index (χ1) is 8.31. The Morgan fingerprint density at radius 3 is 3.12 bits per heavy atom. The summed E-state index contributed by atoms with van der Waals surface area (Å²) in [6.07, 6.45) is 3.70. The van der Waals surface area contributed by atoms with Gasteiger partial charge >= 0.3 is 0 Å². The SMILES string of the molecule is COCCNc1nccn1-c1cccc(Br)c1. The number of nitrogens with zero attached hydrogens (tertiary/aromatic N) is 2. The van der Waals surface area contributed by atoms with E-state index in [4.69, 9.17) is 4.74 Å². The molecule has 0 saturated heterocycles. The van der Waals surface area contributed by atoms with Gasteiger partial charge in [-0.05, 0) is 18.2 Å². The van der Waals surface area contributed by atoms with E-state index in [2.05, 4.69) is 26.2 Å². The highest BCUT2D eigenvalue weighted by Gasteiger charge is 2.04. The maximum atomic E-state index is 5.00. The Bertz CT molecular complexity index is 484. The van der Waals surface area contributed by atoms with Gasteiger partial charge < -0.3 is 10.1 Å². The van der Waals surface area contributed by atoms with E-state index in [1.165, 1.54) is 0 Å². The highest BCUT2D eigenvalue weighted by Crippen LogP contribution is 2.18. The molecule has 1 N–H and O–H groups in total. The molecule has 0 aliphatic rings. The fourth-order valence-corrected chi connectivity index (χ4v) is 1.92. The van der Waals surface area contributed by atoms with E-state index in [0.29, 0.717) is 6.61 Å². The molecule has 2 rings (SSSR count). The molecule has 0 unspecified atom stereocenters. The first-order valence-electron chi connectivity index (χ1n) is 5.33. The lowest BCUT2D eigenvalue weighted by Gasteiger charge is -2.09. The van der Waals surface area contributed by atoms with Gasteiger partial charge in [-0.3, -0.25) is 4.57 Å². The van der Waals surface area contributed by atoms with Crippen molar-refractivity contribution in [3.05, 3.63) is 41.1 Å². The van der Waals surface area contributed by atoms with Crippen LogP contribution in [0.4, 0.5) is 5.95 Å². The van der Waals surface area contributed by atoms with Crippen LogP contribution in [0.1, 0.15) is 0 Å². The molecule has 1 aromatic carbocycles. The van der Waals surface area contributed by atoms with Crippen LogP contribution < -0.4 is 5.32 Å². The predicted molar refractivity (Wildman–Crippen MR) is 71.6 cm³/mol. The fourth-order valence-electron chi connectivity index (χ4n) is 1.53. The van der Waals surface area contributed by atoms with Crippen molar-refractivity contribution in [3.63, 3.8) is 0 Å². The number of imidazole rings is 1. The zero-order valence-corrected chi connectivity index (χ0v) is 11.1. The van der Waals surface area contributed by atoms with Crippen molar-refractivity contribution < 1.29 is 4.74 Å². The second-order valence-corrected chi connectivity index (χ2v) is 4.44. The van der Waals surface area contributed by atoms with Gasteiger partial charge in [0.15, 0.2) is 0 Å². The third-order valence-electron chi connectivity index (χ3n) is 2.32. The lowest BCUT2D eigenvalue weighted by atomic mass is 10.3. The molecule has 0 aliphatic heterocycles. The number of nitrogens with one attached hydrogen (secondary N) is 1. The van der Waals surface area contributed by atoms with E-state index >= 15 is 0 Å². The zero-order valence-electron chi connectivity index (χ0n) is 9.56. The molecule has 17 heavy (non-hydrogen) atoms. The van der Waals surface area contributed by atoms with Gasteiger partial charge in [-0.15, -0.1) is 0 Å². The molecule has 1 heterocycles. The van der Waals surface area contributed by atoms with E-state index in [-0.39, 0.29) is 0 Å². The van der Waals surface area contributed by atoms with Crippen molar-refractivity contribution in [2.75, 3.05) is 25.6 Å². The van der Waals surface area contributed by atoms with Gasteiger partial charge in [-0.25, -0.2) is 4.98 Å². The summed E-state index contributed by atoms with van der Waals surface area (Å²) in [4.78, 5) is 4.28. The number of rotatable bonds is 5. The Labute approximate surface area is 109 Å². The lowest BCUT2D eigenvalue weighted by molar-refractivity contribution is 0.210. The minimum absolute atomic E-state index is 0.658. The second kappa shape index (κ2) is 5.84. The van der Waals surface area contributed by atoms with Gasteiger partial charge in [-0.2, -0.15) is 0 Å². The largest absolute Gasteiger partial charge is 0.383 e. The average Bonchev–Trinajstić information content (AvgIpc) is 2.78. The molecule has 1 aromatic heterocycles. The summed E-state index contributed by atoms with van der Waals surface area (Å²) in [6.45, 7) is 1.40. The molecule has 90 valence electrons. The molecule has 0 fully saturated rings. The average molecular weight is 296 g/mol. The predicted octanol–water partition coefficient (Wildman–Crippen LogP) is 2.69. The van der Waals surface area contributed by atoms with Crippen LogP contribution in [-0.2, 0) is 4.74 Å². The van der Waals surface area contributed by atoms with Gasteiger partial charge in [0.1, 0.15) is 0 Å². The summed E-state index contributed by atoms with van der Waals surface area (Å²) in [5.74, 6) is 0.820. The minimum Gasteiger partial charge on any atom is -0.383 e. The Morgan fingerprint density at radius 1 is 1.47 bits per heavy atom. The van der Waals surface area contributed by atoms with E-state index in [9.17, 15) is 0 Å². The maximum Gasteiger partial charge on any atom is 0.207 e. The third kappa shape index (κ3) is 3.08. The number of methoxy groups -OCH3 is 1. The zero-order chi connectivity index (χ0) is 12.1. The highest BCUT2D eigenvalue weighted by molar-refractivity contribution is 9.10. The molecule has 0 radical (unpaired) electrons. The number of hydrogen-bond acceptors (Lipinski definition) is 3. The Balaban J connectivity index is 2.18. The molecule has 4 nitrogen and oxygen atoms in total. The van der Waals surface area contributed by atoms with Gasteiger partial charge in [-0.1, -0.05) is 22.0 Å². The standard InChI is InChI=1S/C12H14BrN3O/c1-17-8-6-15-12-14-5-7-16(12)11-4-2-3-10(13)9-11/h2-5,7,9H,6,8H2,1H3,(H,14,15). The van der Waals surface area contributed by atoms with Crippen LogP contribution in [0, 0.1) is 0 Å². The lowest BCUT2D eigenvalue weighted by Crippen LogP contribution is -2.11. The molecule has 0 amide bonds. The number of halogens is 1. The normalized spacial score (nSPS) is 10.5. The van der Waals surface area contributed by atoms with Gasteiger partial charge in [0, 0.05) is 36.2 Å². The smallest absolute Gasteiger partial charge is 0.207 e. The number of hydrogen-bond donors (Lipinski definition) is 1. The van der Waals surface area contributed by atoms with Crippen molar-refractivity contribution in [2.45, 2.75) is 0 Å². The summed E-state index contributed by atoms with van der Waals surface area (Å²) in [5.41, 5.74) is 1.07. The van der Waals surface area contributed by atoms with Crippen LogP contribution in [0.25, 0.3) is 5.69 Å². The molecule has 5 heteroatoms. The quantitative estimate of drug-likeness (QED) is 0.862. The van der Waals surface area contributed by atoms with E-state index in [0.717, 1.165) is 22.7 Å². The summed E-state index contributed by atoms with van der Waals surface area (Å²) in [5, 5.41) is 3.22.